The van der Waals surface area contributed by atoms with Gasteiger partial charge in [0, 0.05) is 10.5 Å². The first-order valence-corrected chi connectivity index (χ1v) is 9.71. The van der Waals surface area contributed by atoms with Crippen LogP contribution < -0.4 is 0 Å². The molecule has 0 spiro atoms. The highest BCUT2D eigenvalue weighted by Gasteiger charge is 2.19. The maximum atomic E-state index is 12.2. The topological polar surface area (TPSA) is 65.2 Å². The van der Waals surface area contributed by atoms with Gasteiger partial charge in [0.15, 0.2) is 6.10 Å². The number of thioether (sulfide) groups is 1. The van der Waals surface area contributed by atoms with Gasteiger partial charge >= 0.3 is 5.97 Å². The van der Waals surface area contributed by atoms with E-state index in [0.717, 1.165) is 21.6 Å². The molecule has 0 N–H and O–H groups in total. The fourth-order valence-electron chi connectivity index (χ4n) is 2.59. The van der Waals surface area contributed by atoms with E-state index in [9.17, 15) is 4.79 Å². The maximum absolute atomic E-state index is 12.2. The number of benzene rings is 2. The second-order valence-corrected chi connectivity index (χ2v) is 7.52. The van der Waals surface area contributed by atoms with E-state index in [4.69, 9.17) is 9.15 Å². The van der Waals surface area contributed by atoms with Gasteiger partial charge in [-0.1, -0.05) is 35.4 Å². The van der Waals surface area contributed by atoms with Crippen LogP contribution in [-0.2, 0) is 9.53 Å². The van der Waals surface area contributed by atoms with E-state index < -0.39 is 6.10 Å². The molecule has 3 rings (SSSR count). The Bertz CT molecular complexity index is 935. The average molecular weight is 382 g/mol. The zero-order valence-electron chi connectivity index (χ0n) is 15.9. The van der Waals surface area contributed by atoms with Crippen LogP contribution >= 0.6 is 11.8 Å². The second-order valence-electron chi connectivity index (χ2n) is 6.50. The van der Waals surface area contributed by atoms with Crippen LogP contribution in [0.15, 0.2) is 51.8 Å². The molecule has 0 bridgehead atoms. The van der Waals surface area contributed by atoms with Crippen LogP contribution in [0.25, 0.3) is 11.5 Å². The number of rotatable bonds is 6. The molecule has 6 heteroatoms. The predicted octanol–water partition coefficient (Wildman–Crippen LogP) is 5.06. The number of aromatic nitrogens is 2. The summed E-state index contributed by atoms with van der Waals surface area (Å²) in [4.78, 5) is 13.2. The molecule has 140 valence electrons. The molecule has 1 atom stereocenters. The fourth-order valence-corrected chi connectivity index (χ4v) is 3.38. The lowest BCUT2D eigenvalue weighted by molar-refractivity contribution is -0.146. The zero-order valence-corrected chi connectivity index (χ0v) is 16.7. The summed E-state index contributed by atoms with van der Waals surface area (Å²) in [6.07, 6.45) is -0.594. The highest BCUT2D eigenvalue weighted by Crippen LogP contribution is 2.25. The molecule has 0 unspecified atom stereocenters. The van der Waals surface area contributed by atoms with E-state index in [2.05, 4.69) is 16.3 Å². The number of hydrogen-bond donors (Lipinski definition) is 0. The minimum absolute atomic E-state index is 0.229. The van der Waals surface area contributed by atoms with Crippen LogP contribution in [0.1, 0.15) is 35.6 Å². The Balaban J connectivity index is 1.57. The quantitative estimate of drug-likeness (QED) is 0.439. The van der Waals surface area contributed by atoms with Crippen LogP contribution in [0.2, 0.25) is 0 Å². The van der Waals surface area contributed by atoms with Crippen molar-refractivity contribution < 1.29 is 13.9 Å². The summed E-state index contributed by atoms with van der Waals surface area (Å²) in [6.45, 7) is 7.83. The van der Waals surface area contributed by atoms with Crippen molar-refractivity contribution in [2.24, 2.45) is 0 Å². The van der Waals surface area contributed by atoms with Gasteiger partial charge in [0.1, 0.15) is 0 Å². The SMILES string of the molecule is Cc1ccc(-c2nnc([C@@H](C)OC(=O)CSc3ccc(C)cc3C)o2)cc1. The Kier molecular flexibility index (Phi) is 5.96. The van der Waals surface area contributed by atoms with Crippen molar-refractivity contribution in [1.82, 2.24) is 10.2 Å². The molecular formula is C21H22N2O3S. The molecule has 0 saturated heterocycles. The van der Waals surface area contributed by atoms with Gasteiger partial charge in [0.2, 0.25) is 5.89 Å². The highest BCUT2D eigenvalue weighted by molar-refractivity contribution is 8.00. The highest BCUT2D eigenvalue weighted by atomic mass is 32.2. The summed E-state index contributed by atoms with van der Waals surface area (Å²) >= 11 is 1.46. The summed E-state index contributed by atoms with van der Waals surface area (Å²) < 4.78 is 11.1. The van der Waals surface area contributed by atoms with Gasteiger partial charge in [-0.05, 0) is 51.5 Å². The fraction of sp³-hybridized carbons (Fsp3) is 0.286. The van der Waals surface area contributed by atoms with Crippen molar-refractivity contribution in [1.29, 1.82) is 0 Å². The summed E-state index contributed by atoms with van der Waals surface area (Å²) in [6, 6.07) is 14.0. The van der Waals surface area contributed by atoms with Crippen molar-refractivity contribution >= 4 is 17.7 Å². The number of nitrogens with zero attached hydrogens (tertiary/aromatic N) is 2. The first-order chi connectivity index (χ1) is 12.9. The third-order valence-corrected chi connectivity index (χ3v) is 5.22. The Morgan fingerprint density at radius 3 is 2.48 bits per heavy atom. The van der Waals surface area contributed by atoms with Crippen molar-refractivity contribution in [2.45, 2.75) is 38.7 Å². The summed E-state index contributed by atoms with van der Waals surface area (Å²) in [7, 11) is 0. The Morgan fingerprint density at radius 2 is 1.78 bits per heavy atom. The van der Waals surface area contributed by atoms with Gasteiger partial charge in [-0.2, -0.15) is 0 Å². The zero-order chi connectivity index (χ0) is 19.4. The first kappa shape index (κ1) is 19.2. The van der Waals surface area contributed by atoms with Crippen molar-refractivity contribution in [3.05, 3.63) is 65.0 Å². The number of ether oxygens (including phenoxy) is 1. The van der Waals surface area contributed by atoms with Gasteiger partial charge in [0.05, 0.1) is 5.75 Å². The molecule has 5 nitrogen and oxygen atoms in total. The minimum atomic E-state index is -0.594. The normalized spacial score (nSPS) is 12.0. The van der Waals surface area contributed by atoms with Crippen LogP contribution in [0.4, 0.5) is 0 Å². The number of hydrogen-bond acceptors (Lipinski definition) is 6. The lowest BCUT2D eigenvalue weighted by Gasteiger charge is -2.10. The Labute approximate surface area is 163 Å². The molecule has 0 aliphatic heterocycles. The monoisotopic (exact) mass is 382 g/mol. The maximum Gasteiger partial charge on any atom is 0.317 e. The van der Waals surface area contributed by atoms with Crippen LogP contribution in [0, 0.1) is 20.8 Å². The van der Waals surface area contributed by atoms with E-state index in [-0.39, 0.29) is 17.6 Å². The predicted molar refractivity (Wildman–Crippen MR) is 106 cm³/mol. The molecule has 0 saturated carbocycles. The van der Waals surface area contributed by atoms with Gasteiger partial charge < -0.3 is 9.15 Å². The van der Waals surface area contributed by atoms with Crippen molar-refractivity contribution in [2.75, 3.05) is 5.75 Å². The van der Waals surface area contributed by atoms with E-state index in [1.807, 2.05) is 57.2 Å². The van der Waals surface area contributed by atoms with Gasteiger partial charge in [-0.3, -0.25) is 4.79 Å². The van der Waals surface area contributed by atoms with Gasteiger partial charge in [0.25, 0.3) is 5.89 Å². The molecule has 27 heavy (non-hydrogen) atoms. The summed E-state index contributed by atoms with van der Waals surface area (Å²) in [5.41, 5.74) is 4.35. The lowest BCUT2D eigenvalue weighted by Crippen LogP contribution is -2.11. The van der Waals surface area contributed by atoms with E-state index in [1.165, 1.54) is 17.3 Å². The molecule has 3 aromatic rings. The van der Waals surface area contributed by atoms with Gasteiger partial charge in [-0.25, -0.2) is 0 Å². The molecule has 0 amide bonds. The standard InChI is InChI=1S/C21H22N2O3S/c1-13-5-8-17(9-6-13)21-23-22-20(26-21)16(4)25-19(24)12-27-18-10-7-14(2)11-15(18)3/h5-11,16H,12H2,1-4H3/t16-/m1/s1. The summed E-state index contributed by atoms with van der Waals surface area (Å²) in [5.74, 6) is 0.614. The lowest BCUT2D eigenvalue weighted by atomic mass is 10.1. The molecular weight excluding hydrogens is 360 g/mol. The third-order valence-electron chi connectivity index (χ3n) is 4.07. The van der Waals surface area contributed by atoms with Crippen molar-refractivity contribution in [3.63, 3.8) is 0 Å². The second kappa shape index (κ2) is 8.39. The van der Waals surface area contributed by atoms with Crippen LogP contribution in [0.5, 0.6) is 0 Å². The molecule has 0 fully saturated rings. The smallest absolute Gasteiger partial charge is 0.317 e. The first-order valence-electron chi connectivity index (χ1n) is 8.72. The van der Waals surface area contributed by atoms with Crippen molar-refractivity contribution in [3.8, 4) is 11.5 Å². The molecule has 0 aliphatic carbocycles. The number of esters is 1. The molecule has 2 aromatic carbocycles. The molecule has 1 heterocycles. The average Bonchev–Trinajstić information content (AvgIpc) is 3.12. The van der Waals surface area contributed by atoms with Crippen LogP contribution in [0.3, 0.4) is 0 Å². The molecule has 1 aromatic heterocycles. The Morgan fingerprint density at radius 1 is 1.07 bits per heavy atom. The third kappa shape index (κ3) is 4.98. The number of aryl methyl sites for hydroxylation is 3. The molecule has 0 aliphatic rings. The number of carbonyl (C=O) groups is 1. The van der Waals surface area contributed by atoms with E-state index in [0.29, 0.717) is 5.89 Å². The largest absolute Gasteiger partial charge is 0.452 e. The minimum Gasteiger partial charge on any atom is -0.452 e. The van der Waals surface area contributed by atoms with Crippen LogP contribution in [-0.4, -0.2) is 21.9 Å². The van der Waals surface area contributed by atoms with Gasteiger partial charge in [-0.15, -0.1) is 22.0 Å². The van der Waals surface area contributed by atoms with E-state index >= 15 is 0 Å². The Hall–Kier alpha value is -2.60. The van der Waals surface area contributed by atoms with E-state index in [1.54, 1.807) is 6.92 Å². The number of carbonyl (C=O) groups excluding carboxylic acids is 1. The molecule has 0 radical (unpaired) electrons. The summed E-state index contributed by atoms with van der Waals surface area (Å²) in [5, 5.41) is 8.05.